The lowest BCUT2D eigenvalue weighted by molar-refractivity contribution is 0.0413. The van der Waals surface area contributed by atoms with Gasteiger partial charge in [-0.25, -0.2) is 0 Å². The second kappa shape index (κ2) is 7.01. The van der Waals surface area contributed by atoms with Crippen molar-refractivity contribution in [2.75, 3.05) is 13.2 Å². The van der Waals surface area contributed by atoms with Crippen LogP contribution < -0.4 is 0 Å². The monoisotopic (exact) mass is 172 g/mol. The molecule has 0 N–H and O–H groups in total. The third-order valence-corrected chi connectivity index (χ3v) is 1.69. The molecule has 0 fully saturated rings. The number of rotatable bonds is 6. The van der Waals surface area contributed by atoms with E-state index in [2.05, 4.69) is 13.8 Å². The van der Waals surface area contributed by atoms with Crippen molar-refractivity contribution in [2.45, 2.75) is 40.5 Å². The summed E-state index contributed by atoms with van der Waals surface area (Å²) >= 11 is 0. The summed E-state index contributed by atoms with van der Waals surface area (Å²) in [4.78, 5) is 0. The minimum Gasteiger partial charge on any atom is -0.466 e. The molecule has 0 aromatic rings. The second-order valence-electron chi connectivity index (χ2n) is 2.46. The Morgan fingerprint density at radius 3 is 1.50 bits per heavy atom. The molecule has 0 radical (unpaired) electrons. The van der Waals surface area contributed by atoms with E-state index in [1.165, 1.54) is 5.57 Å². The molecule has 2 nitrogen and oxygen atoms in total. The zero-order valence-electron chi connectivity index (χ0n) is 8.64. The van der Waals surface area contributed by atoms with Gasteiger partial charge in [0.2, 0.25) is 0 Å². The van der Waals surface area contributed by atoms with Crippen LogP contribution in [-0.2, 0) is 9.47 Å². The van der Waals surface area contributed by atoms with Crippen molar-refractivity contribution in [3.05, 3.63) is 11.5 Å². The highest BCUT2D eigenvalue weighted by Gasteiger charge is 2.04. The van der Waals surface area contributed by atoms with E-state index in [-0.39, 0.29) is 0 Å². The fraction of sp³-hybridized carbons (Fsp3) is 0.800. The first-order chi connectivity index (χ1) is 5.79. The summed E-state index contributed by atoms with van der Waals surface area (Å²) in [5, 5.41) is 0. The highest BCUT2D eigenvalue weighted by molar-refractivity contribution is 5.02. The van der Waals surface area contributed by atoms with Gasteiger partial charge in [-0.3, -0.25) is 0 Å². The van der Waals surface area contributed by atoms with Gasteiger partial charge >= 0.3 is 0 Å². The number of ether oxygens (including phenoxy) is 2. The lowest BCUT2D eigenvalue weighted by atomic mass is 10.2. The zero-order valence-corrected chi connectivity index (χ0v) is 8.64. The highest BCUT2D eigenvalue weighted by Crippen LogP contribution is 2.14. The van der Waals surface area contributed by atoms with Crippen LogP contribution in [0.3, 0.4) is 0 Å². The summed E-state index contributed by atoms with van der Waals surface area (Å²) in [5.41, 5.74) is 1.26. The third kappa shape index (κ3) is 3.65. The summed E-state index contributed by atoms with van der Waals surface area (Å²) in [7, 11) is 0. The first-order valence-electron chi connectivity index (χ1n) is 4.77. The molecule has 0 unspecified atom stereocenters. The van der Waals surface area contributed by atoms with Crippen LogP contribution in [0.1, 0.15) is 40.5 Å². The van der Waals surface area contributed by atoms with Crippen molar-refractivity contribution in [1.29, 1.82) is 0 Å². The van der Waals surface area contributed by atoms with Gasteiger partial charge in [0, 0.05) is 5.57 Å². The minimum absolute atomic E-state index is 0.679. The van der Waals surface area contributed by atoms with Gasteiger partial charge in [-0.05, 0) is 26.7 Å². The SMILES string of the molecule is CCOC(OCC)=C(CC)CC. The van der Waals surface area contributed by atoms with Gasteiger partial charge in [-0.1, -0.05) is 13.8 Å². The largest absolute Gasteiger partial charge is 0.466 e. The first kappa shape index (κ1) is 11.3. The van der Waals surface area contributed by atoms with E-state index in [4.69, 9.17) is 9.47 Å². The Labute approximate surface area is 75.6 Å². The van der Waals surface area contributed by atoms with E-state index in [9.17, 15) is 0 Å². The molecule has 0 spiro atoms. The van der Waals surface area contributed by atoms with Crippen LogP contribution in [0.25, 0.3) is 0 Å². The molecule has 0 aromatic carbocycles. The molecule has 0 heterocycles. The Morgan fingerprint density at radius 1 is 0.833 bits per heavy atom. The van der Waals surface area contributed by atoms with Crippen LogP contribution in [-0.4, -0.2) is 13.2 Å². The standard InChI is InChI=1S/C10H20O2/c1-5-9(6-2)10(11-7-3)12-8-4/h5-8H2,1-4H3. The lowest BCUT2D eigenvalue weighted by Gasteiger charge is -2.12. The van der Waals surface area contributed by atoms with Crippen LogP contribution in [0, 0.1) is 0 Å². The van der Waals surface area contributed by atoms with E-state index < -0.39 is 0 Å². The molecular formula is C10H20O2. The highest BCUT2D eigenvalue weighted by atomic mass is 16.7. The molecule has 0 aliphatic rings. The molecule has 0 aliphatic heterocycles. The zero-order chi connectivity index (χ0) is 9.40. The Bertz CT molecular complexity index is 125. The van der Waals surface area contributed by atoms with Crippen LogP contribution in [0.2, 0.25) is 0 Å². The maximum absolute atomic E-state index is 5.38. The number of allylic oxidation sites excluding steroid dienone is 1. The Morgan fingerprint density at radius 2 is 1.25 bits per heavy atom. The van der Waals surface area contributed by atoms with Crippen molar-refractivity contribution < 1.29 is 9.47 Å². The van der Waals surface area contributed by atoms with Gasteiger partial charge in [0.25, 0.3) is 5.95 Å². The third-order valence-electron chi connectivity index (χ3n) is 1.69. The quantitative estimate of drug-likeness (QED) is 0.573. The average molecular weight is 172 g/mol. The Hall–Kier alpha value is -0.660. The van der Waals surface area contributed by atoms with Crippen molar-refractivity contribution >= 4 is 0 Å². The maximum atomic E-state index is 5.38. The van der Waals surface area contributed by atoms with Crippen molar-refractivity contribution in [3.63, 3.8) is 0 Å². The molecule has 72 valence electrons. The molecular weight excluding hydrogens is 152 g/mol. The second-order valence-corrected chi connectivity index (χ2v) is 2.46. The van der Waals surface area contributed by atoms with E-state index in [1.807, 2.05) is 13.8 Å². The van der Waals surface area contributed by atoms with Crippen LogP contribution in [0.15, 0.2) is 11.5 Å². The lowest BCUT2D eigenvalue weighted by Crippen LogP contribution is -2.01. The van der Waals surface area contributed by atoms with Crippen LogP contribution in [0.4, 0.5) is 0 Å². The topological polar surface area (TPSA) is 18.5 Å². The maximum Gasteiger partial charge on any atom is 0.278 e. The van der Waals surface area contributed by atoms with E-state index in [0.29, 0.717) is 13.2 Å². The van der Waals surface area contributed by atoms with Gasteiger partial charge in [0.15, 0.2) is 0 Å². The molecule has 0 rings (SSSR count). The first-order valence-corrected chi connectivity index (χ1v) is 4.77. The molecule has 12 heavy (non-hydrogen) atoms. The normalized spacial score (nSPS) is 9.33. The van der Waals surface area contributed by atoms with E-state index in [0.717, 1.165) is 18.8 Å². The molecule has 0 bridgehead atoms. The summed E-state index contributed by atoms with van der Waals surface area (Å²) < 4.78 is 10.8. The van der Waals surface area contributed by atoms with Gasteiger partial charge in [0.1, 0.15) is 0 Å². The number of hydrogen-bond donors (Lipinski definition) is 0. The fourth-order valence-corrected chi connectivity index (χ4v) is 1.05. The molecule has 0 atom stereocenters. The van der Waals surface area contributed by atoms with Crippen molar-refractivity contribution in [3.8, 4) is 0 Å². The summed E-state index contributed by atoms with van der Waals surface area (Å²) in [5.74, 6) is 0.741. The minimum atomic E-state index is 0.679. The average Bonchev–Trinajstić information content (AvgIpc) is 2.07. The molecule has 2 heteroatoms. The Kier molecular flexibility index (Phi) is 6.63. The summed E-state index contributed by atoms with van der Waals surface area (Å²) in [6, 6.07) is 0. The molecule has 0 saturated heterocycles. The Balaban J connectivity index is 4.27. The fourth-order valence-electron chi connectivity index (χ4n) is 1.05. The van der Waals surface area contributed by atoms with E-state index in [1.54, 1.807) is 0 Å². The van der Waals surface area contributed by atoms with E-state index >= 15 is 0 Å². The number of hydrogen-bond acceptors (Lipinski definition) is 2. The van der Waals surface area contributed by atoms with Gasteiger partial charge in [0.05, 0.1) is 13.2 Å². The predicted molar refractivity (Wildman–Crippen MR) is 50.9 cm³/mol. The van der Waals surface area contributed by atoms with Gasteiger partial charge < -0.3 is 9.47 Å². The molecule has 0 aromatic heterocycles. The van der Waals surface area contributed by atoms with Crippen molar-refractivity contribution in [1.82, 2.24) is 0 Å². The predicted octanol–water partition coefficient (Wildman–Crippen LogP) is 3.09. The molecule has 0 amide bonds. The van der Waals surface area contributed by atoms with Gasteiger partial charge in [-0.15, -0.1) is 0 Å². The molecule has 0 aliphatic carbocycles. The van der Waals surface area contributed by atoms with Crippen LogP contribution in [0.5, 0.6) is 0 Å². The smallest absolute Gasteiger partial charge is 0.278 e. The van der Waals surface area contributed by atoms with Gasteiger partial charge in [-0.2, -0.15) is 0 Å². The van der Waals surface area contributed by atoms with Crippen LogP contribution >= 0.6 is 0 Å². The molecule has 0 saturated carbocycles. The van der Waals surface area contributed by atoms with Crippen molar-refractivity contribution in [2.24, 2.45) is 0 Å². The summed E-state index contributed by atoms with van der Waals surface area (Å²) in [6.45, 7) is 9.55. The summed E-state index contributed by atoms with van der Waals surface area (Å²) in [6.07, 6.45) is 2.01.